The minimum atomic E-state index is 0.335. The van der Waals surface area contributed by atoms with Gasteiger partial charge in [-0.25, -0.2) is 4.68 Å². The minimum absolute atomic E-state index is 0.335. The third-order valence-electron chi connectivity index (χ3n) is 2.54. The Morgan fingerprint density at radius 1 is 1.25 bits per heavy atom. The van der Waals surface area contributed by atoms with E-state index in [-0.39, 0.29) is 0 Å². The Morgan fingerprint density at radius 3 is 2.69 bits per heavy atom. The summed E-state index contributed by atoms with van der Waals surface area (Å²) >= 11 is 5.75. The highest BCUT2D eigenvalue weighted by molar-refractivity contribution is 6.16. The molecule has 84 valence electrons. The van der Waals surface area contributed by atoms with E-state index in [2.05, 4.69) is 34.6 Å². The van der Waals surface area contributed by atoms with E-state index in [1.807, 2.05) is 12.1 Å². The minimum Gasteiger partial charge on any atom is -0.224 e. The van der Waals surface area contributed by atoms with Gasteiger partial charge in [0.2, 0.25) is 0 Å². The van der Waals surface area contributed by atoms with Gasteiger partial charge in [0.15, 0.2) is 5.82 Å². The van der Waals surface area contributed by atoms with Gasteiger partial charge in [0.1, 0.15) is 0 Å². The molecule has 0 amide bonds. The molecule has 0 saturated heterocycles. The van der Waals surface area contributed by atoms with Crippen molar-refractivity contribution in [1.29, 1.82) is 0 Å². The molecular formula is C11H13ClN4. The van der Waals surface area contributed by atoms with Crippen molar-refractivity contribution >= 4 is 11.6 Å². The summed E-state index contributed by atoms with van der Waals surface area (Å²) in [6, 6.07) is 8.29. The number of benzene rings is 1. The second kappa shape index (κ2) is 5.07. The molecule has 1 aromatic heterocycles. The van der Waals surface area contributed by atoms with Crippen molar-refractivity contribution in [1.82, 2.24) is 20.2 Å². The molecule has 0 N–H and O–H groups in total. The predicted octanol–water partition coefficient (Wildman–Crippen LogP) is 2.02. The second-order valence-corrected chi connectivity index (χ2v) is 3.78. The van der Waals surface area contributed by atoms with E-state index >= 15 is 0 Å². The van der Waals surface area contributed by atoms with Crippen LogP contribution in [0, 0.1) is 0 Å². The summed E-state index contributed by atoms with van der Waals surface area (Å²) < 4.78 is 1.74. The van der Waals surface area contributed by atoms with Gasteiger partial charge >= 0.3 is 0 Å². The Labute approximate surface area is 99.2 Å². The van der Waals surface area contributed by atoms with Crippen molar-refractivity contribution < 1.29 is 0 Å². The van der Waals surface area contributed by atoms with Crippen LogP contribution in [0.3, 0.4) is 0 Å². The predicted molar refractivity (Wildman–Crippen MR) is 62.3 cm³/mol. The fourth-order valence-electron chi connectivity index (χ4n) is 1.66. The first-order valence-corrected chi connectivity index (χ1v) is 5.76. The average molecular weight is 237 g/mol. The Hall–Kier alpha value is -1.42. The largest absolute Gasteiger partial charge is 0.224 e. The highest BCUT2D eigenvalue weighted by Gasteiger charge is 2.07. The van der Waals surface area contributed by atoms with Crippen LogP contribution in [0.1, 0.15) is 23.9 Å². The van der Waals surface area contributed by atoms with Crippen molar-refractivity contribution in [2.24, 2.45) is 0 Å². The topological polar surface area (TPSA) is 43.6 Å². The summed E-state index contributed by atoms with van der Waals surface area (Å²) in [5, 5.41) is 11.4. The van der Waals surface area contributed by atoms with Crippen molar-refractivity contribution in [2.75, 3.05) is 0 Å². The highest BCUT2D eigenvalue weighted by Crippen LogP contribution is 2.11. The molecule has 4 nitrogen and oxygen atoms in total. The van der Waals surface area contributed by atoms with Gasteiger partial charge in [-0.15, -0.1) is 16.7 Å². The monoisotopic (exact) mass is 236 g/mol. The van der Waals surface area contributed by atoms with Crippen LogP contribution in [-0.2, 0) is 18.8 Å². The van der Waals surface area contributed by atoms with Gasteiger partial charge in [0, 0.05) is 0 Å². The zero-order valence-electron chi connectivity index (χ0n) is 9.10. The number of aromatic nitrogens is 4. The molecule has 0 aliphatic carbocycles. The Morgan fingerprint density at radius 2 is 2.00 bits per heavy atom. The van der Waals surface area contributed by atoms with Gasteiger partial charge in [-0.2, -0.15) is 0 Å². The van der Waals surface area contributed by atoms with E-state index in [4.69, 9.17) is 11.6 Å². The number of hydrogen-bond donors (Lipinski definition) is 0. The molecule has 0 fully saturated rings. The van der Waals surface area contributed by atoms with E-state index in [1.165, 1.54) is 11.1 Å². The zero-order valence-corrected chi connectivity index (χ0v) is 9.85. The second-order valence-electron chi connectivity index (χ2n) is 3.51. The molecule has 1 heterocycles. The molecule has 0 saturated carbocycles. The van der Waals surface area contributed by atoms with Crippen molar-refractivity contribution in [2.45, 2.75) is 25.8 Å². The van der Waals surface area contributed by atoms with Gasteiger partial charge in [0.25, 0.3) is 0 Å². The first-order chi connectivity index (χ1) is 7.85. The van der Waals surface area contributed by atoms with Crippen LogP contribution < -0.4 is 0 Å². The summed E-state index contributed by atoms with van der Waals surface area (Å²) in [7, 11) is 0. The zero-order chi connectivity index (χ0) is 11.4. The molecule has 1 aromatic carbocycles. The first-order valence-electron chi connectivity index (χ1n) is 5.23. The molecular weight excluding hydrogens is 224 g/mol. The lowest BCUT2D eigenvalue weighted by molar-refractivity contribution is 0.627. The summed E-state index contributed by atoms with van der Waals surface area (Å²) in [5.74, 6) is 1.04. The number of aryl methyl sites for hydroxylation is 1. The number of tetrazole rings is 1. The first kappa shape index (κ1) is 11.1. The van der Waals surface area contributed by atoms with E-state index in [9.17, 15) is 0 Å². The lowest BCUT2D eigenvalue weighted by Gasteiger charge is -2.07. The van der Waals surface area contributed by atoms with Crippen LogP contribution >= 0.6 is 11.6 Å². The smallest absolute Gasteiger partial charge is 0.166 e. The Bertz CT molecular complexity index is 467. The van der Waals surface area contributed by atoms with Gasteiger partial charge < -0.3 is 0 Å². The maximum Gasteiger partial charge on any atom is 0.166 e. The van der Waals surface area contributed by atoms with Crippen LogP contribution in [0.25, 0.3) is 0 Å². The Kier molecular flexibility index (Phi) is 3.51. The van der Waals surface area contributed by atoms with Crippen molar-refractivity contribution in [3.63, 3.8) is 0 Å². The molecule has 0 radical (unpaired) electrons. The maximum absolute atomic E-state index is 5.75. The number of rotatable bonds is 4. The molecule has 0 aliphatic rings. The van der Waals surface area contributed by atoms with Crippen LogP contribution in [0.5, 0.6) is 0 Å². The van der Waals surface area contributed by atoms with Crippen molar-refractivity contribution in [3.05, 3.63) is 41.2 Å². The van der Waals surface area contributed by atoms with Gasteiger partial charge in [-0.05, 0) is 28.0 Å². The van der Waals surface area contributed by atoms with Gasteiger partial charge in [0.05, 0.1) is 12.4 Å². The SMILES string of the molecule is CCc1ccccc1Cn1nnnc1CCl. The van der Waals surface area contributed by atoms with E-state index in [0.717, 1.165) is 6.42 Å². The average Bonchev–Trinajstić information content (AvgIpc) is 2.77. The molecule has 0 aliphatic heterocycles. The number of alkyl halides is 1. The van der Waals surface area contributed by atoms with Gasteiger partial charge in [-0.1, -0.05) is 31.2 Å². The lowest BCUT2D eigenvalue weighted by Crippen LogP contribution is -2.07. The number of nitrogens with zero attached hydrogens (tertiary/aromatic N) is 4. The quantitative estimate of drug-likeness (QED) is 0.763. The van der Waals surface area contributed by atoms with Crippen molar-refractivity contribution in [3.8, 4) is 0 Å². The molecule has 5 heteroatoms. The molecule has 0 atom stereocenters. The van der Waals surface area contributed by atoms with Crippen LogP contribution in [0.15, 0.2) is 24.3 Å². The number of halogens is 1. The normalized spacial score (nSPS) is 10.6. The van der Waals surface area contributed by atoms with Crippen LogP contribution in [0.2, 0.25) is 0 Å². The summed E-state index contributed by atoms with van der Waals surface area (Å²) in [6.07, 6.45) is 1.01. The summed E-state index contributed by atoms with van der Waals surface area (Å²) in [4.78, 5) is 0. The molecule has 16 heavy (non-hydrogen) atoms. The lowest BCUT2D eigenvalue weighted by atomic mass is 10.1. The molecule has 0 bridgehead atoms. The maximum atomic E-state index is 5.75. The fraction of sp³-hybridized carbons (Fsp3) is 0.364. The molecule has 0 spiro atoms. The Balaban J connectivity index is 2.26. The van der Waals surface area contributed by atoms with E-state index < -0.39 is 0 Å². The number of hydrogen-bond acceptors (Lipinski definition) is 3. The van der Waals surface area contributed by atoms with Gasteiger partial charge in [-0.3, -0.25) is 0 Å². The van der Waals surface area contributed by atoms with Crippen LogP contribution in [0.4, 0.5) is 0 Å². The summed E-state index contributed by atoms with van der Waals surface area (Å²) in [5.41, 5.74) is 2.56. The van der Waals surface area contributed by atoms with E-state index in [0.29, 0.717) is 18.2 Å². The fourth-order valence-corrected chi connectivity index (χ4v) is 1.85. The van der Waals surface area contributed by atoms with E-state index in [1.54, 1.807) is 4.68 Å². The third-order valence-corrected chi connectivity index (χ3v) is 2.78. The molecule has 2 aromatic rings. The molecule has 2 rings (SSSR count). The standard InChI is InChI=1S/C11H13ClN4/c1-2-9-5-3-4-6-10(9)8-16-11(7-12)13-14-15-16/h3-6H,2,7-8H2,1H3. The third kappa shape index (κ3) is 2.22. The summed E-state index contributed by atoms with van der Waals surface area (Å²) in [6.45, 7) is 2.82. The van der Waals surface area contributed by atoms with Crippen LogP contribution in [-0.4, -0.2) is 20.2 Å². The molecule has 0 unspecified atom stereocenters. The highest BCUT2D eigenvalue weighted by atomic mass is 35.5.